The summed E-state index contributed by atoms with van der Waals surface area (Å²) in [5, 5.41) is 0. The van der Waals surface area contributed by atoms with Crippen molar-refractivity contribution in [2.45, 2.75) is 95.8 Å². The summed E-state index contributed by atoms with van der Waals surface area (Å²) in [6, 6.07) is 23.6. The fourth-order valence-electron chi connectivity index (χ4n) is 6.54. The van der Waals surface area contributed by atoms with Crippen molar-refractivity contribution in [3.05, 3.63) is 60.7 Å². The van der Waals surface area contributed by atoms with Crippen LogP contribution in [0.25, 0.3) is 0 Å². The maximum absolute atomic E-state index is 2.74. The molecule has 0 aromatic heterocycles. The Morgan fingerprint density at radius 1 is 0.441 bits per heavy atom. The third-order valence-electron chi connectivity index (χ3n) is 8.26. The first-order chi connectivity index (χ1) is 15.4. The first-order valence-corrected chi connectivity index (χ1v) is 34.8. The quantitative estimate of drug-likeness (QED) is 0.204. The first kappa shape index (κ1) is 31.4. The van der Waals surface area contributed by atoms with Crippen molar-refractivity contribution in [1.82, 2.24) is 0 Å². The molecule has 0 aliphatic rings. The normalized spacial score (nSPS) is 14.4. The van der Waals surface area contributed by atoms with Gasteiger partial charge in [-0.05, 0) is 0 Å². The molecule has 0 nitrogen and oxygen atoms in total. The van der Waals surface area contributed by atoms with Crippen molar-refractivity contribution in [1.29, 1.82) is 0 Å². The Labute approximate surface area is 241 Å². The molecule has 2 aromatic carbocycles. The van der Waals surface area contributed by atoms with Crippen LogP contribution in [-0.4, -0.2) is 80.8 Å². The van der Waals surface area contributed by atoms with E-state index in [1.165, 1.54) is 0 Å². The Balaban J connectivity index is 2.65. The molecule has 186 valence electrons. The summed E-state index contributed by atoms with van der Waals surface area (Å²) in [6.45, 7) is 32.9. The zero-order chi connectivity index (χ0) is 26.1. The van der Waals surface area contributed by atoms with Gasteiger partial charge in [0.1, 0.15) is 0 Å². The standard InChI is InChI=1S/C16H40Si4.2C6H5.2Pb/c1-17(2,3)15(18(4,5)6)13-14-16(19(7,8)9)20(10,11)12;2*1-2-4-6-5-3-1;;/h13-14H2,1-12H3;2*1-5H;;. The van der Waals surface area contributed by atoms with E-state index in [4.69, 9.17) is 0 Å². The minimum atomic E-state index is -1.36. The van der Waals surface area contributed by atoms with E-state index >= 15 is 0 Å². The summed E-state index contributed by atoms with van der Waals surface area (Å²) >= 11 is -2.06. The molecule has 0 amide bonds. The van der Waals surface area contributed by atoms with Crippen LogP contribution >= 0.6 is 0 Å². The van der Waals surface area contributed by atoms with Crippen LogP contribution < -0.4 is 6.25 Å². The number of hydrogen-bond acceptors (Lipinski definition) is 0. The predicted octanol–water partition coefficient (Wildman–Crippen LogP) is 7.65. The van der Waals surface area contributed by atoms with E-state index < -0.39 is 80.8 Å². The van der Waals surface area contributed by atoms with Gasteiger partial charge in [-0.3, -0.25) is 0 Å². The molecule has 4 radical (unpaired) electrons. The molecule has 0 aliphatic carbocycles. The van der Waals surface area contributed by atoms with Gasteiger partial charge in [-0.1, -0.05) is 0 Å². The van der Waals surface area contributed by atoms with Gasteiger partial charge in [-0.25, -0.2) is 0 Å². The summed E-state index contributed by atoms with van der Waals surface area (Å²) in [7, 11) is -5.46. The van der Waals surface area contributed by atoms with Crippen LogP contribution in [0.1, 0.15) is 12.8 Å². The van der Waals surface area contributed by atoms with Gasteiger partial charge in [-0.2, -0.15) is 0 Å². The van der Waals surface area contributed by atoms with Crippen molar-refractivity contribution >= 4 is 87.0 Å². The Hall–Kier alpha value is 1.15. The summed E-state index contributed by atoms with van der Waals surface area (Å²) < 4.78 is 4.96. The van der Waals surface area contributed by atoms with Gasteiger partial charge in [0.15, 0.2) is 0 Å². The zero-order valence-electron chi connectivity index (χ0n) is 24.2. The van der Waals surface area contributed by atoms with Gasteiger partial charge in [0.05, 0.1) is 0 Å². The zero-order valence-corrected chi connectivity index (χ0v) is 36.0. The van der Waals surface area contributed by atoms with E-state index in [1.807, 2.05) is 0 Å². The average Bonchev–Trinajstić information content (AvgIpc) is 2.68. The van der Waals surface area contributed by atoms with Crippen LogP contribution in [0.2, 0.25) is 83.0 Å². The SMILES string of the molecule is C[Si](C)(C)[C](CC[C]([Pb][c]1ccccc1)([Si](C)(C)C)[Si](C)(C)C)([Pb][c]1ccccc1)[Si](C)(C)C. The second-order valence-electron chi connectivity index (χ2n) is 14.3. The van der Waals surface area contributed by atoms with E-state index in [9.17, 15) is 0 Å². The molecule has 34 heavy (non-hydrogen) atoms. The van der Waals surface area contributed by atoms with Crippen LogP contribution in [-0.2, 0) is 0 Å². The molecule has 0 bridgehead atoms. The molecule has 6 heteroatoms. The molecule has 0 saturated carbocycles. The summed E-state index contributed by atoms with van der Waals surface area (Å²) in [4.78, 5) is 0. The van der Waals surface area contributed by atoms with Crippen LogP contribution in [0, 0.1) is 0 Å². The van der Waals surface area contributed by atoms with Crippen molar-refractivity contribution in [2.75, 3.05) is 0 Å². The van der Waals surface area contributed by atoms with Gasteiger partial charge in [0, 0.05) is 0 Å². The molecular formula is C28H50Pb2Si4. The van der Waals surface area contributed by atoms with Crippen molar-refractivity contribution in [3.8, 4) is 0 Å². The fourth-order valence-corrected chi connectivity index (χ4v) is 60.7. The van der Waals surface area contributed by atoms with E-state index in [1.54, 1.807) is 19.1 Å². The maximum atomic E-state index is 2.74. The Kier molecular flexibility index (Phi) is 10.6. The van der Waals surface area contributed by atoms with Crippen molar-refractivity contribution in [2.24, 2.45) is 0 Å². The molecule has 0 unspecified atom stereocenters. The van der Waals surface area contributed by atoms with Gasteiger partial charge in [0.2, 0.25) is 0 Å². The van der Waals surface area contributed by atoms with E-state index in [0.717, 1.165) is 0 Å². The van der Waals surface area contributed by atoms with Crippen molar-refractivity contribution < 1.29 is 0 Å². The monoisotopic (exact) mass is 914 g/mol. The van der Waals surface area contributed by atoms with Crippen LogP contribution in [0.5, 0.6) is 0 Å². The summed E-state index contributed by atoms with van der Waals surface area (Å²) in [5.41, 5.74) is 0. The van der Waals surface area contributed by atoms with Crippen LogP contribution in [0.4, 0.5) is 0 Å². The Morgan fingerprint density at radius 3 is 0.882 bits per heavy atom. The minimum absolute atomic E-state index is 0.714. The van der Waals surface area contributed by atoms with E-state index in [2.05, 4.69) is 139 Å². The fraction of sp³-hybridized carbons (Fsp3) is 0.571. The molecule has 0 aliphatic heterocycles. The Morgan fingerprint density at radius 2 is 0.676 bits per heavy atom. The molecule has 0 spiro atoms. The molecule has 0 fully saturated rings. The molecule has 0 saturated heterocycles. The second-order valence-corrected chi connectivity index (χ2v) is 57.6. The van der Waals surface area contributed by atoms with E-state index in [-0.39, 0.29) is 0 Å². The van der Waals surface area contributed by atoms with Crippen LogP contribution in [0.15, 0.2) is 60.7 Å². The van der Waals surface area contributed by atoms with Gasteiger partial charge >= 0.3 is 244 Å². The topological polar surface area (TPSA) is 0 Å². The van der Waals surface area contributed by atoms with Crippen molar-refractivity contribution in [3.63, 3.8) is 0 Å². The first-order valence-electron chi connectivity index (χ1n) is 13.0. The molecule has 0 atom stereocenters. The Bertz CT molecular complexity index is 796. The second kappa shape index (κ2) is 11.5. The van der Waals surface area contributed by atoms with Crippen LogP contribution in [0.3, 0.4) is 0 Å². The molecule has 0 heterocycles. The summed E-state index contributed by atoms with van der Waals surface area (Å²) in [6.07, 6.45) is 3.09. The molecular weight excluding hydrogens is 863 g/mol. The van der Waals surface area contributed by atoms with Gasteiger partial charge in [0.25, 0.3) is 0 Å². The predicted molar refractivity (Wildman–Crippen MR) is 172 cm³/mol. The molecule has 2 aromatic rings. The van der Waals surface area contributed by atoms with Gasteiger partial charge in [-0.15, -0.1) is 0 Å². The van der Waals surface area contributed by atoms with E-state index in [0.29, 0.717) is 4.44 Å². The van der Waals surface area contributed by atoms with Gasteiger partial charge < -0.3 is 0 Å². The molecule has 0 N–H and O–H groups in total. The third-order valence-corrected chi connectivity index (χ3v) is 78.0. The number of benzene rings is 2. The average molecular weight is 913 g/mol. The number of rotatable bonds is 11. The number of hydrogen-bond donors (Lipinski definition) is 0. The molecule has 2 rings (SSSR count). The third kappa shape index (κ3) is 6.96. The summed E-state index contributed by atoms with van der Waals surface area (Å²) in [5.74, 6) is 0.